The van der Waals surface area contributed by atoms with Gasteiger partial charge in [-0.2, -0.15) is 0 Å². The van der Waals surface area contributed by atoms with Gasteiger partial charge in [-0.05, 0) is 42.9 Å². The van der Waals surface area contributed by atoms with Gasteiger partial charge in [-0.3, -0.25) is 5.32 Å². The molecule has 0 aromatic heterocycles. The smallest absolute Gasteiger partial charge is 0.119 e. The van der Waals surface area contributed by atoms with Crippen molar-refractivity contribution in [2.75, 3.05) is 13.2 Å². The highest BCUT2D eigenvalue weighted by atomic mass is 16.5. The topological polar surface area (TPSA) is 21.3 Å². The van der Waals surface area contributed by atoms with Gasteiger partial charge < -0.3 is 4.74 Å². The first kappa shape index (κ1) is 13.4. The van der Waals surface area contributed by atoms with Gasteiger partial charge in [-0.25, -0.2) is 0 Å². The summed E-state index contributed by atoms with van der Waals surface area (Å²) in [5, 5.41) is 3.71. The Kier molecular flexibility index (Phi) is 3.84. The van der Waals surface area contributed by atoms with Crippen LogP contribution in [0.1, 0.15) is 59.8 Å². The lowest BCUT2D eigenvalue weighted by atomic mass is 9.77. The molecule has 1 atom stereocenters. The Labute approximate surface area is 107 Å². The number of ether oxygens (including phenoxy) is 1. The van der Waals surface area contributed by atoms with Gasteiger partial charge in [0.1, 0.15) is 5.72 Å². The third kappa shape index (κ3) is 3.03. The van der Waals surface area contributed by atoms with Gasteiger partial charge in [-0.1, -0.05) is 34.1 Å². The van der Waals surface area contributed by atoms with E-state index in [0.717, 1.165) is 19.1 Å². The summed E-state index contributed by atoms with van der Waals surface area (Å²) in [6, 6.07) is 0. The summed E-state index contributed by atoms with van der Waals surface area (Å²) in [5.74, 6) is 1.59. The Hall–Kier alpha value is -0.0800. The Bertz CT molecular complexity index is 238. The van der Waals surface area contributed by atoms with E-state index in [1.807, 2.05) is 0 Å². The van der Waals surface area contributed by atoms with Crippen LogP contribution in [0.15, 0.2) is 0 Å². The summed E-state index contributed by atoms with van der Waals surface area (Å²) in [5.41, 5.74) is 0.392. The molecule has 1 unspecified atom stereocenters. The van der Waals surface area contributed by atoms with E-state index in [2.05, 4.69) is 33.0 Å². The van der Waals surface area contributed by atoms with Gasteiger partial charge in [0.25, 0.3) is 0 Å². The van der Waals surface area contributed by atoms with E-state index in [1.165, 1.54) is 32.1 Å². The molecule has 0 aromatic rings. The van der Waals surface area contributed by atoms with Gasteiger partial charge in [0.05, 0.1) is 6.61 Å². The molecule has 100 valence electrons. The first-order valence-corrected chi connectivity index (χ1v) is 7.34. The molecule has 0 aromatic carbocycles. The van der Waals surface area contributed by atoms with Crippen molar-refractivity contribution in [2.24, 2.45) is 17.3 Å². The zero-order chi connectivity index (χ0) is 12.5. The van der Waals surface area contributed by atoms with Crippen LogP contribution in [0.5, 0.6) is 0 Å². The van der Waals surface area contributed by atoms with E-state index in [9.17, 15) is 0 Å². The molecule has 1 N–H and O–H groups in total. The normalized spacial score (nSPS) is 39.5. The van der Waals surface area contributed by atoms with Crippen molar-refractivity contribution in [1.82, 2.24) is 5.32 Å². The van der Waals surface area contributed by atoms with Crippen LogP contribution in [0.3, 0.4) is 0 Å². The maximum absolute atomic E-state index is 6.23. The summed E-state index contributed by atoms with van der Waals surface area (Å²) in [7, 11) is 0. The van der Waals surface area contributed by atoms with Crippen LogP contribution in [0.4, 0.5) is 0 Å². The molecule has 1 spiro atoms. The molecule has 1 aliphatic carbocycles. The number of rotatable bonds is 1. The number of nitrogens with one attached hydrogen (secondary N) is 1. The fraction of sp³-hybridized carbons (Fsp3) is 1.00. The molecule has 1 aliphatic heterocycles. The van der Waals surface area contributed by atoms with Gasteiger partial charge in [0.15, 0.2) is 0 Å². The first-order valence-electron chi connectivity index (χ1n) is 7.34. The van der Waals surface area contributed by atoms with E-state index >= 15 is 0 Å². The van der Waals surface area contributed by atoms with Crippen LogP contribution >= 0.6 is 0 Å². The summed E-state index contributed by atoms with van der Waals surface area (Å²) in [4.78, 5) is 0. The third-order valence-corrected chi connectivity index (χ3v) is 4.95. The second-order valence-corrected chi connectivity index (χ2v) is 7.10. The molecule has 1 saturated carbocycles. The zero-order valence-electron chi connectivity index (χ0n) is 12.0. The third-order valence-electron chi connectivity index (χ3n) is 4.95. The SMILES string of the molecule is CCC1CCC2(CC1)NCC(C(C)(C)C)CO2. The molecule has 2 heteroatoms. The fourth-order valence-corrected chi connectivity index (χ4v) is 3.11. The van der Waals surface area contributed by atoms with Crippen molar-refractivity contribution in [2.45, 2.75) is 65.5 Å². The lowest BCUT2D eigenvalue weighted by Crippen LogP contribution is -2.58. The van der Waals surface area contributed by atoms with Crippen LogP contribution in [-0.4, -0.2) is 18.9 Å². The minimum Gasteiger partial charge on any atom is -0.360 e. The lowest BCUT2D eigenvalue weighted by molar-refractivity contribution is -0.153. The predicted octanol–water partition coefficient (Wildman–Crippen LogP) is 3.57. The van der Waals surface area contributed by atoms with Crippen molar-refractivity contribution in [3.05, 3.63) is 0 Å². The molecule has 2 nitrogen and oxygen atoms in total. The minimum atomic E-state index is 0.0351. The average Bonchev–Trinajstić information content (AvgIpc) is 2.29. The van der Waals surface area contributed by atoms with Crippen molar-refractivity contribution in [1.29, 1.82) is 0 Å². The predicted molar refractivity (Wildman–Crippen MR) is 71.9 cm³/mol. The lowest BCUT2D eigenvalue weighted by Gasteiger charge is -2.48. The molecule has 1 heterocycles. The van der Waals surface area contributed by atoms with E-state index in [4.69, 9.17) is 4.74 Å². The number of hydrogen-bond acceptors (Lipinski definition) is 2. The Balaban J connectivity index is 1.87. The molecule has 0 radical (unpaired) electrons. The Morgan fingerprint density at radius 3 is 2.29 bits per heavy atom. The molecule has 2 rings (SSSR count). The van der Waals surface area contributed by atoms with Crippen molar-refractivity contribution >= 4 is 0 Å². The molecule has 0 amide bonds. The number of hydrogen-bond donors (Lipinski definition) is 1. The highest BCUT2D eigenvalue weighted by molar-refractivity contribution is 4.91. The maximum Gasteiger partial charge on any atom is 0.119 e. The van der Waals surface area contributed by atoms with E-state index in [1.54, 1.807) is 0 Å². The molecule has 0 bridgehead atoms. The Morgan fingerprint density at radius 2 is 1.88 bits per heavy atom. The molecule has 2 aliphatic rings. The summed E-state index contributed by atoms with van der Waals surface area (Å²) in [6.45, 7) is 11.3. The van der Waals surface area contributed by atoms with Crippen LogP contribution in [0.25, 0.3) is 0 Å². The van der Waals surface area contributed by atoms with E-state index in [0.29, 0.717) is 11.3 Å². The van der Waals surface area contributed by atoms with Crippen molar-refractivity contribution < 1.29 is 4.74 Å². The molecule has 2 fully saturated rings. The monoisotopic (exact) mass is 239 g/mol. The van der Waals surface area contributed by atoms with Crippen LogP contribution in [-0.2, 0) is 4.74 Å². The maximum atomic E-state index is 6.23. The largest absolute Gasteiger partial charge is 0.360 e. The second kappa shape index (κ2) is 4.89. The standard InChI is InChI=1S/C15H29NO/c1-5-12-6-8-15(9-7-12)16-10-13(11-17-15)14(2,3)4/h12-13,16H,5-11H2,1-4H3. The average molecular weight is 239 g/mol. The van der Waals surface area contributed by atoms with Crippen molar-refractivity contribution in [3.63, 3.8) is 0 Å². The van der Waals surface area contributed by atoms with Crippen molar-refractivity contribution in [3.8, 4) is 0 Å². The zero-order valence-corrected chi connectivity index (χ0v) is 12.0. The Morgan fingerprint density at radius 1 is 1.24 bits per heavy atom. The summed E-state index contributed by atoms with van der Waals surface area (Å²) >= 11 is 0. The molecule has 17 heavy (non-hydrogen) atoms. The highest BCUT2D eigenvalue weighted by Crippen LogP contribution is 2.38. The van der Waals surface area contributed by atoms with Gasteiger partial charge in [0, 0.05) is 6.54 Å². The van der Waals surface area contributed by atoms with Gasteiger partial charge in [-0.15, -0.1) is 0 Å². The van der Waals surface area contributed by atoms with Gasteiger partial charge >= 0.3 is 0 Å². The second-order valence-electron chi connectivity index (χ2n) is 7.10. The van der Waals surface area contributed by atoms with Crippen LogP contribution in [0, 0.1) is 17.3 Å². The highest BCUT2D eigenvalue weighted by Gasteiger charge is 2.41. The summed E-state index contributed by atoms with van der Waals surface area (Å²) < 4.78 is 6.23. The molecule has 1 saturated heterocycles. The van der Waals surface area contributed by atoms with E-state index < -0.39 is 0 Å². The first-order chi connectivity index (χ1) is 7.95. The summed E-state index contributed by atoms with van der Waals surface area (Å²) in [6.07, 6.45) is 6.43. The molecular weight excluding hydrogens is 210 g/mol. The van der Waals surface area contributed by atoms with Crippen LogP contribution in [0.2, 0.25) is 0 Å². The molecular formula is C15H29NO. The minimum absolute atomic E-state index is 0.0351. The van der Waals surface area contributed by atoms with Gasteiger partial charge in [0.2, 0.25) is 0 Å². The fourth-order valence-electron chi connectivity index (χ4n) is 3.11. The van der Waals surface area contributed by atoms with Crippen LogP contribution < -0.4 is 5.32 Å². The van der Waals surface area contributed by atoms with E-state index in [-0.39, 0.29) is 5.72 Å². The quantitative estimate of drug-likeness (QED) is 0.755.